The summed E-state index contributed by atoms with van der Waals surface area (Å²) in [6, 6.07) is 3.04. The fourth-order valence-electron chi connectivity index (χ4n) is 2.82. The molecule has 0 spiro atoms. The minimum Gasteiger partial charge on any atom is -0.488 e. The zero-order valence-corrected chi connectivity index (χ0v) is 15.4. The number of likely N-dealkylation sites (tertiary alicyclic amines) is 1. The molecule has 1 aromatic rings. The van der Waals surface area contributed by atoms with Crippen LogP contribution in [0.25, 0.3) is 0 Å². The van der Waals surface area contributed by atoms with Gasteiger partial charge in [0.05, 0.1) is 11.5 Å². The normalized spacial score (nSPS) is 17.7. The topological polar surface area (TPSA) is 78.9 Å². The summed E-state index contributed by atoms with van der Waals surface area (Å²) < 4.78 is 45.6. The smallest absolute Gasteiger partial charge is 0.416 e. The van der Waals surface area contributed by atoms with Crippen LogP contribution >= 0.6 is 0 Å². The van der Waals surface area contributed by atoms with Gasteiger partial charge in [-0.3, -0.25) is 4.79 Å². The molecule has 150 valence electrons. The van der Waals surface area contributed by atoms with Gasteiger partial charge in [-0.15, -0.1) is 0 Å². The number of carboxylic acid groups (broad SMARTS) is 1. The molecule has 6 nitrogen and oxygen atoms in total. The third kappa shape index (κ3) is 5.77. The lowest BCUT2D eigenvalue weighted by atomic mass is 10.1. The first kappa shape index (κ1) is 20.9. The number of aliphatic carboxylic acids is 1. The van der Waals surface area contributed by atoms with Crippen LogP contribution in [0.15, 0.2) is 18.2 Å². The van der Waals surface area contributed by atoms with E-state index in [1.807, 2.05) is 0 Å². The summed E-state index contributed by atoms with van der Waals surface area (Å²) in [6.07, 6.45) is -4.27. The zero-order valence-electron chi connectivity index (χ0n) is 15.4. The van der Waals surface area contributed by atoms with Crippen LogP contribution < -0.4 is 10.1 Å². The van der Waals surface area contributed by atoms with Crippen LogP contribution in [0.1, 0.15) is 38.3 Å². The molecule has 27 heavy (non-hydrogen) atoms. The van der Waals surface area contributed by atoms with E-state index >= 15 is 0 Å². The Morgan fingerprint density at radius 1 is 1.30 bits per heavy atom. The largest absolute Gasteiger partial charge is 0.488 e. The van der Waals surface area contributed by atoms with Gasteiger partial charge in [-0.2, -0.15) is 13.2 Å². The van der Waals surface area contributed by atoms with Gasteiger partial charge in [0.25, 0.3) is 0 Å². The highest BCUT2D eigenvalue weighted by molar-refractivity contribution is 5.77. The summed E-state index contributed by atoms with van der Waals surface area (Å²) in [5, 5.41) is 11.4. The lowest BCUT2D eigenvalue weighted by molar-refractivity contribution is -0.141. The molecular formula is C18H23F3N2O4. The van der Waals surface area contributed by atoms with Gasteiger partial charge in [-0.05, 0) is 44.9 Å². The molecule has 1 heterocycles. The van der Waals surface area contributed by atoms with E-state index in [0.29, 0.717) is 6.42 Å². The molecule has 0 radical (unpaired) electrons. The number of hydrogen-bond donors (Lipinski definition) is 2. The fraction of sp³-hybridized carbons (Fsp3) is 0.556. The Labute approximate surface area is 155 Å². The standard InChI is InChI=1S/C18H23F3N2O4/c1-17(2,3)27-13-5-4-11(14(8-13)18(19,20)21)9-22-16(26)23-7-6-12(10-23)15(24)25/h4-5,8,12H,6-7,9-10H2,1-3H3,(H,22,26)(H,24,25). The average Bonchev–Trinajstić information content (AvgIpc) is 3.01. The van der Waals surface area contributed by atoms with E-state index in [4.69, 9.17) is 9.84 Å². The maximum atomic E-state index is 13.4. The quantitative estimate of drug-likeness (QED) is 0.828. The monoisotopic (exact) mass is 388 g/mol. The number of alkyl halides is 3. The molecule has 9 heteroatoms. The number of carbonyl (C=O) groups is 2. The second-order valence-electron chi connectivity index (χ2n) is 7.46. The molecule has 0 aromatic heterocycles. The number of hydrogen-bond acceptors (Lipinski definition) is 3. The third-order valence-electron chi connectivity index (χ3n) is 4.07. The summed E-state index contributed by atoms with van der Waals surface area (Å²) in [6.45, 7) is 5.18. The first-order chi connectivity index (χ1) is 12.4. The van der Waals surface area contributed by atoms with Crippen LogP contribution in [0.5, 0.6) is 5.75 Å². The van der Waals surface area contributed by atoms with E-state index in [-0.39, 0.29) is 30.9 Å². The molecule has 1 aliphatic heterocycles. The summed E-state index contributed by atoms with van der Waals surface area (Å²) in [5.74, 6) is -1.54. The predicted molar refractivity (Wildman–Crippen MR) is 91.4 cm³/mol. The average molecular weight is 388 g/mol. The van der Waals surface area contributed by atoms with Crippen LogP contribution in [-0.4, -0.2) is 40.7 Å². The lowest BCUT2D eigenvalue weighted by Crippen LogP contribution is -2.38. The van der Waals surface area contributed by atoms with Gasteiger partial charge in [0, 0.05) is 19.6 Å². The molecule has 1 atom stereocenters. The number of rotatable bonds is 4. The van der Waals surface area contributed by atoms with Gasteiger partial charge in [0.15, 0.2) is 0 Å². The van der Waals surface area contributed by atoms with Gasteiger partial charge in [-0.1, -0.05) is 6.07 Å². The van der Waals surface area contributed by atoms with Crippen LogP contribution in [0.3, 0.4) is 0 Å². The summed E-state index contributed by atoms with van der Waals surface area (Å²) in [4.78, 5) is 24.4. The van der Waals surface area contributed by atoms with Crippen LogP contribution in [0.4, 0.5) is 18.0 Å². The van der Waals surface area contributed by atoms with Crippen LogP contribution in [0, 0.1) is 5.92 Å². The van der Waals surface area contributed by atoms with Crippen LogP contribution in [0.2, 0.25) is 0 Å². The summed E-state index contributed by atoms with van der Waals surface area (Å²) in [5.41, 5.74) is -1.62. The Bertz CT molecular complexity index is 714. The Morgan fingerprint density at radius 3 is 2.48 bits per heavy atom. The Balaban J connectivity index is 2.09. The molecule has 1 unspecified atom stereocenters. The Kier molecular flexibility index (Phi) is 5.91. The van der Waals surface area contributed by atoms with Gasteiger partial charge in [0.2, 0.25) is 0 Å². The number of nitrogens with zero attached hydrogens (tertiary/aromatic N) is 1. The summed E-state index contributed by atoms with van der Waals surface area (Å²) >= 11 is 0. The van der Waals surface area contributed by atoms with Crippen molar-refractivity contribution in [1.82, 2.24) is 10.2 Å². The van der Waals surface area contributed by atoms with E-state index in [1.165, 1.54) is 17.0 Å². The van der Waals surface area contributed by atoms with Gasteiger partial charge < -0.3 is 20.1 Å². The molecular weight excluding hydrogens is 365 g/mol. The molecule has 1 saturated heterocycles. The number of nitrogens with one attached hydrogen (secondary N) is 1. The minimum absolute atomic E-state index is 0.0473. The van der Waals surface area contributed by atoms with Gasteiger partial charge in [0.1, 0.15) is 11.4 Å². The minimum atomic E-state index is -4.60. The highest BCUT2D eigenvalue weighted by atomic mass is 19.4. The molecule has 0 bridgehead atoms. The zero-order chi connectivity index (χ0) is 20.4. The van der Waals surface area contributed by atoms with E-state index in [2.05, 4.69) is 5.32 Å². The fourth-order valence-corrected chi connectivity index (χ4v) is 2.82. The van der Waals surface area contributed by atoms with Gasteiger partial charge in [-0.25, -0.2) is 4.79 Å². The Morgan fingerprint density at radius 2 is 1.96 bits per heavy atom. The first-order valence-electron chi connectivity index (χ1n) is 8.51. The number of benzene rings is 1. The highest BCUT2D eigenvalue weighted by Gasteiger charge is 2.35. The predicted octanol–water partition coefficient (Wildman–Crippen LogP) is 3.50. The molecule has 1 fully saturated rings. The van der Waals surface area contributed by atoms with E-state index < -0.39 is 35.3 Å². The van der Waals surface area contributed by atoms with Crippen LogP contribution in [-0.2, 0) is 17.5 Å². The first-order valence-corrected chi connectivity index (χ1v) is 8.51. The van der Waals surface area contributed by atoms with Crippen molar-refractivity contribution < 1.29 is 32.6 Å². The second kappa shape index (κ2) is 7.66. The van der Waals surface area contributed by atoms with Crippen molar-refractivity contribution in [2.45, 2.75) is 45.5 Å². The van der Waals surface area contributed by atoms with Crippen molar-refractivity contribution in [2.75, 3.05) is 13.1 Å². The number of ether oxygens (including phenoxy) is 1. The van der Waals surface area contributed by atoms with Crippen molar-refractivity contribution in [3.63, 3.8) is 0 Å². The second-order valence-corrected chi connectivity index (χ2v) is 7.46. The Hall–Kier alpha value is -2.45. The van der Waals surface area contributed by atoms with E-state index in [1.54, 1.807) is 20.8 Å². The van der Waals surface area contributed by atoms with E-state index in [0.717, 1.165) is 6.07 Å². The van der Waals surface area contributed by atoms with Gasteiger partial charge >= 0.3 is 18.2 Å². The number of amides is 2. The number of carbonyl (C=O) groups excluding carboxylic acids is 1. The van der Waals surface area contributed by atoms with Crippen molar-refractivity contribution >= 4 is 12.0 Å². The number of carboxylic acids is 1. The maximum Gasteiger partial charge on any atom is 0.416 e. The SMILES string of the molecule is CC(C)(C)Oc1ccc(CNC(=O)N2CCC(C(=O)O)C2)c(C(F)(F)F)c1. The highest BCUT2D eigenvalue weighted by Crippen LogP contribution is 2.35. The number of urea groups is 1. The van der Waals surface area contributed by atoms with E-state index in [9.17, 15) is 22.8 Å². The third-order valence-corrected chi connectivity index (χ3v) is 4.07. The lowest BCUT2D eigenvalue weighted by Gasteiger charge is -2.23. The molecule has 1 aliphatic rings. The summed E-state index contributed by atoms with van der Waals surface area (Å²) in [7, 11) is 0. The molecule has 2 rings (SSSR count). The molecule has 2 amide bonds. The molecule has 2 N–H and O–H groups in total. The maximum absolute atomic E-state index is 13.4. The van der Waals surface area contributed by atoms with Crippen molar-refractivity contribution in [3.05, 3.63) is 29.3 Å². The molecule has 0 aliphatic carbocycles. The van der Waals surface area contributed by atoms with Crippen molar-refractivity contribution in [3.8, 4) is 5.75 Å². The van der Waals surface area contributed by atoms with Crippen molar-refractivity contribution in [2.24, 2.45) is 5.92 Å². The van der Waals surface area contributed by atoms with Crippen molar-refractivity contribution in [1.29, 1.82) is 0 Å². The molecule has 0 saturated carbocycles. The number of halogens is 3. The molecule has 1 aromatic carbocycles.